The summed E-state index contributed by atoms with van der Waals surface area (Å²) in [6.07, 6.45) is 4.21. The first-order valence-corrected chi connectivity index (χ1v) is 6.46. The fourth-order valence-electron chi connectivity index (χ4n) is 1.67. The topological polar surface area (TPSA) is 52.8 Å². The molecule has 0 saturated carbocycles. The SMILES string of the molecule is C=CCn1nnnc1SC[C@@H]1CCCOC1. The molecule has 0 unspecified atom stereocenters. The van der Waals surface area contributed by atoms with Crippen molar-refractivity contribution < 1.29 is 4.74 Å². The van der Waals surface area contributed by atoms with Crippen molar-refractivity contribution in [3.63, 3.8) is 0 Å². The predicted molar refractivity (Wildman–Crippen MR) is 62.3 cm³/mol. The third kappa shape index (κ3) is 3.05. The van der Waals surface area contributed by atoms with Crippen LogP contribution in [0.5, 0.6) is 0 Å². The molecule has 0 radical (unpaired) electrons. The number of thioether (sulfide) groups is 1. The Morgan fingerprint density at radius 2 is 2.56 bits per heavy atom. The van der Waals surface area contributed by atoms with Gasteiger partial charge in [0.05, 0.1) is 13.2 Å². The van der Waals surface area contributed by atoms with Crippen LogP contribution in [-0.4, -0.2) is 39.2 Å². The molecule has 2 rings (SSSR count). The molecule has 16 heavy (non-hydrogen) atoms. The van der Waals surface area contributed by atoms with Crippen LogP contribution in [0.4, 0.5) is 0 Å². The standard InChI is InChI=1S/C10H16N4OS/c1-2-5-14-10(11-12-13-14)16-8-9-4-3-6-15-7-9/h2,9H,1,3-8H2/t9-/m1/s1. The second-order valence-corrected chi connectivity index (χ2v) is 4.81. The molecule has 5 nitrogen and oxygen atoms in total. The van der Waals surface area contributed by atoms with Gasteiger partial charge in [-0.3, -0.25) is 0 Å². The van der Waals surface area contributed by atoms with Gasteiger partial charge in [0.1, 0.15) is 0 Å². The Kier molecular flexibility index (Phi) is 4.35. The van der Waals surface area contributed by atoms with E-state index >= 15 is 0 Å². The summed E-state index contributed by atoms with van der Waals surface area (Å²) in [5.74, 6) is 1.66. The molecular weight excluding hydrogens is 224 g/mol. The lowest BCUT2D eigenvalue weighted by Crippen LogP contribution is -2.19. The third-order valence-corrected chi connectivity index (χ3v) is 3.69. The maximum atomic E-state index is 5.44. The summed E-state index contributed by atoms with van der Waals surface area (Å²) in [7, 11) is 0. The van der Waals surface area contributed by atoms with Crippen molar-refractivity contribution in [1.82, 2.24) is 20.2 Å². The number of hydrogen-bond donors (Lipinski definition) is 0. The van der Waals surface area contributed by atoms with Crippen molar-refractivity contribution in [3.8, 4) is 0 Å². The normalized spacial score (nSPS) is 20.9. The van der Waals surface area contributed by atoms with Gasteiger partial charge in [0.15, 0.2) is 0 Å². The summed E-state index contributed by atoms with van der Waals surface area (Å²) in [6, 6.07) is 0. The van der Waals surface area contributed by atoms with Crippen LogP contribution in [0.25, 0.3) is 0 Å². The molecule has 0 N–H and O–H groups in total. The summed E-state index contributed by atoms with van der Waals surface area (Å²) in [5.41, 5.74) is 0. The highest BCUT2D eigenvalue weighted by Crippen LogP contribution is 2.22. The summed E-state index contributed by atoms with van der Waals surface area (Å²) in [4.78, 5) is 0. The van der Waals surface area contributed by atoms with Gasteiger partial charge in [0.2, 0.25) is 5.16 Å². The number of aromatic nitrogens is 4. The summed E-state index contributed by atoms with van der Waals surface area (Å²) in [6.45, 7) is 6.13. The predicted octanol–water partition coefficient (Wildman–Crippen LogP) is 1.38. The van der Waals surface area contributed by atoms with Crippen LogP contribution in [-0.2, 0) is 11.3 Å². The molecule has 0 amide bonds. The molecule has 1 saturated heterocycles. The van der Waals surface area contributed by atoms with Gasteiger partial charge in [-0.15, -0.1) is 11.7 Å². The van der Waals surface area contributed by atoms with Crippen LogP contribution in [0.1, 0.15) is 12.8 Å². The summed E-state index contributed by atoms with van der Waals surface area (Å²) < 4.78 is 7.21. The lowest BCUT2D eigenvalue weighted by molar-refractivity contribution is 0.0632. The van der Waals surface area contributed by atoms with Gasteiger partial charge in [0.25, 0.3) is 0 Å². The van der Waals surface area contributed by atoms with Gasteiger partial charge in [0, 0.05) is 12.4 Å². The Labute approximate surface area is 99.2 Å². The maximum Gasteiger partial charge on any atom is 0.209 e. The van der Waals surface area contributed by atoms with Crippen molar-refractivity contribution in [2.45, 2.75) is 24.5 Å². The van der Waals surface area contributed by atoms with Crippen molar-refractivity contribution >= 4 is 11.8 Å². The third-order valence-electron chi connectivity index (χ3n) is 2.50. The fraction of sp³-hybridized carbons (Fsp3) is 0.700. The first-order chi connectivity index (χ1) is 7.90. The van der Waals surface area contributed by atoms with Gasteiger partial charge in [-0.2, -0.15) is 0 Å². The Morgan fingerprint density at radius 3 is 3.31 bits per heavy atom. The van der Waals surface area contributed by atoms with E-state index in [2.05, 4.69) is 22.1 Å². The van der Waals surface area contributed by atoms with Crippen molar-refractivity contribution in [2.75, 3.05) is 19.0 Å². The van der Waals surface area contributed by atoms with E-state index in [0.29, 0.717) is 12.5 Å². The molecule has 1 atom stereocenters. The van der Waals surface area contributed by atoms with Crippen LogP contribution >= 0.6 is 11.8 Å². The molecule has 0 bridgehead atoms. The smallest absolute Gasteiger partial charge is 0.209 e. The largest absolute Gasteiger partial charge is 0.381 e. The van der Waals surface area contributed by atoms with E-state index in [0.717, 1.165) is 24.1 Å². The highest BCUT2D eigenvalue weighted by Gasteiger charge is 2.15. The lowest BCUT2D eigenvalue weighted by Gasteiger charge is -2.21. The first kappa shape index (κ1) is 11.6. The highest BCUT2D eigenvalue weighted by molar-refractivity contribution is 7.99. The van der Waals surface area contributed by atoms with E-state index in [4.69, 9.17) is 4.74 Å². The molecular formula is C10H16N4OS. The average molecular weight is 240 g/mol. The molecule has 2 heterocycles. The fourth-order valence-corrected chi connectivity index (χ4v) is 2.67. The van der Waals surface area contributed by atoms with Crippen LogP contribution in [0.3, 0.4) is 0 Å². The minimum atomic E-state index is 0.632. The number of allylic oxidation sites excluding steroid dienone is 1. The van der Waals surface area contributed by atoms with Gasteiger partial charge in [-0.1, -0.05) is 17.8 Å². The van der Waals surface area contributed by atoms with E-state index in [1.54, 1.807) is 22.5 Å². The van der Waals surface area contributed by atoms with E-state index < -0.39 is 0 Å². The number of ether oxygens (including phenoxy) is 1. The Hall–Kier alpha value is -0.880. The van der Waals surface area contributed by atoms with Gasteiger partial charge in [-0.05, 0) is 29.2 Å². The van der Waals surface area contributed by atoms with E-state index in [1.807, 2.05) is 0 Å². The molecule has 6 heteroatoms. The van der Waals surface area contributed by atoms with E-state index in [-0.39, 0.29) is 0 Å². The first-order valence-electron chi connectivity index (χ1n) is 5.47. The van der Waals surface area contributed by atoms with Gasteiger partial charge >= 0.3 is 0 Å². The van der Waals surface area contributed by atoms with Crippen molar-refractivity contribution in [1.29, 1.82) is 0 Å². The summed E-state index contributed by atoms with van der Waals surface area (Å²) >= 11 is 1.70. The maximum absolute atomic E-state index is 5.44. The Balaban J connectivity index is 1.83. The number of nitrogens with zero attached hydrogens (tertiary/aromatic N) is 4. The van der Waals surface area contributed by atoms with Gasteiger partial charge < -0.3 is 4.74 Å². The number of tetrazole rings is 1. The molecule has 0 spiro atoms. The quantitative estimate of drug-likeness (QED) is 0.575. The molecule has 0 aromatic carbocycles. The zero-order valence-corrected chi connectivity index (χ0v) is 10.0. The minimum absolute atomic E-state index is 0.632. The Bertz CT molecular complexity index is 335. The highest BCUT2D eigenvalue weighted by atomic mass is 32.2. The molecule has 1 aliphatic rings. The molecule has 1 aromatic heterocycles. The van der Waals surface area contributed by atoms with Crippen LogP contribution in [0.15, 0.2) is 17.8 Å². The minimum Gasteiger partial charge on any atom is -0.381 e. The van der Waals surface area contributed by atoms with Crippen molar-refractivity contribution in [2.24, 2.45) is 5.92 Å². The summed E-state index contributed by atoms with van der Waals surface area (Å²) in [5, 5.41) is 12.4. The molecule has 1 fully saturated rings. The molecule has 88 valence electrons. The molecule has 1 aliphatic heterocycles. The Morgan fingerprint density at radius 1 is 1.62 bits per heavy atom. The molecule has 0 aliphatic carbocycles. The van der Waals surface area contributed by atoms with Crippen LogP contribution in [0, 0.1) is 5.92 Å². The molecule has 1 aromatic rings. The van der Waals surface area contributed by atoms with Crippen molar-refractivity contribution in [3.05, 3.63) is 12.7 Å². The number of rotatable bonds is 5. The zero-order valence-electron chi connectivity index (χ0n) is 9.21. The van der Waals surface area contributed by atoms with Crippen LogP contribution in [0.2, 0.25) is 0 Å². The second kappa shape index (κ2) is 6.00. The zero-order chi connectivity index (χ0) is 11.2. The van der Waals surface area contributed by atoms with E-state index in [9.17, 15) is 0 Å². The average Bonchev–Trinajstić information content (AvgIpc) is 2.76. The number of hydrogen-bond acceptors (Lipinski definition) is 5. The second-order valence-electron chi connectivity index (χ2n) is 3.83. The van der Waals surface area contributed by atoms with Crippen LogP contribution < -0.4 is 0 Å². The van der Waals surface area contributed by atoms with Gasteiger partial charge in [-0.25, -0.2) is 4.68 Å². The van der Waals surface area contributed by atoms with E-state index in [1.165, 1.54) is 12.8 Å². The lowest BCUT2D eigenvalue weighted by atomic mass is 10.1. The monoisotopic (exact) mass is 240 g/mol.